The van der Waals surface area contributed by atoms with Gasteiger partial charge in [-0.3, -0.25) is 0 Å². The van der Waals surface area contributed by atoms with Gasteiger partial charge in [-0.05, 0) is 28.9 Å². The maximum atomic E-state index is 11.1. The molecular weight excluding hydrogens is 257 g/mol. The summed E-state index contributed by atoms with van der Waals surface area (Å²) in [5, 5.41) is 0.275. The van der Waals surface area contributed by atoms with Gasteiger partial charge in [-0.15, -0.1) is 0 Å². The molecule has 0 saturated carbocycles. The monoisotopic (exact) mass is 263 g/mol. The van der Waals surface area contributed by atoms with Gasteiger partial charge in [0.25, 0.3) is 0 Å². The zero-order valence-corrected chi connectivity index (χ0v) is 9.44. The molecule has 1 aromatic rings. The number of nitrogens with zero attached hydrogens (tertiary/aromatic N) is 1. The fraction of sp³-hybridized carbons (Fsp3) is 0.250. The quantitative estimate of drug-likeness (QED) is 0.732. The van der Waals surface area contributed by atoms with Crippen molar-refractivity contribution in [3.05, 3.63) is 26.9 Å². The van der Waals surface area contributed by atoms with Crippen LogP contribution in [0.2, 0.25) is 5.02 Å². The first-order valence-corrected chi connectivity index (χ1v) is 4.64. The third-order valence-electron chi connectivity index (χ3n) is 1.42. The van der Waals surface area contributed by atoms with Crippen molar-refractivity contribution in [1.82, 2.24) is 4.98 Å². The zero-order chi connectivity index (χ0) is 10.0. The van der Waals surface area contributed by atoms with Crippen LogP contribution >= 0.6 is 27.5 Å². The molecule has 0 radical (unpaired) electrons. The van der Waals surface area contributed by atoms with Crippen molar-refractivity contribution < 1.29 is 9.53 Å². The van der Waals surface area contributed by atoms with Crippen molar-refractivity contribution in [3.63, 3.8) is 0 Å². The predicted octanol–water partition coefficient (Wildman–Crippen LogP) is 2.59. The highest BCUT2D eigenvalue weighted by atomic mass is 79.9. The number of carbonyl (C=O) groups is 1. The smallest absolute Gasteiger partial charge is 0.358 e. The molecule has 0 unspecified atom stereocenters. The van der Waals surface area contributed by atoms with Gasteiger partial charge in [-0.1, -0.05) is 11.6 Å². The number of pyridine rings is 1. The Morgan fingerprint density at radius 1 is 1.69 bits per heavy atom. The van der Waals surface area contributed by atoms with Crippen LogP contribution < -0.4 is 0 Å². The molecule has 0 N–H and O–H groups in total. The summed E-state index contributed by atoms with van der Waals surface area (Å²) in [5.74, 6) is -0.533. The Hall–Kier alpha value is -0.610. The first kappa shape index (κ1) is 10.5. The first-order valence-electron chi connectivity index (χ1n) is 3.47. The van der Waals surface area contributed by atoms with Crippen LogP contribution in [0, 0.1) is 6.92 Å². The molecule has 0 aromatic carbocycles. The normalized spacial score (nSPS) is 9.85. The number of esters is 1. The van der Waals surface area contributed by atoms with Crippen molar-refractivity contribution >= 4 is 33.5 Å². The lowest BCUT2D eigenvalue weighted by atomic mass is 10.3. The summed E-state index contributed by atoms with van der Waals surface area (Å²) in [6.07, 6.45) is 0. The average molecular weight is 265 g/mol. The number of ether oxygens (including phenoxy) is 1. The summed E-state index contributed by atoms with van der Waals surface area (Å²) in [7, 11) is 1.29. The molecule has 13 heavy (non-hydrogen) atoms. The van der Waals surface area contributed by atoms with E-state index in [0.717, 1.165) is 0 Å². The number of methoxy groups -OCH3 is 1. The molecule has 0 amide bonds. The summed E-state index contributed by atoms with van der Waals surface area (Å²) in [6.45, 7) is 1.77. The highest BCUT2D eigenvalue weighted by Gasteiger charge is 2.15. The fourth-order valence-corrected chi connectivity index (χ4v) is 1.54. The van der Waals surface area contributed by atoms with Gasteiger partial charge in [0.05, 0.1) is 12.1 Å². The van der Waals surface area contributed by atoms with E-state index >= 15 is 0 Å². The van der Waals surface area contributed by atoms with E-state index in [-0.39, 0.29) is 10.7 Å². The molecule has 3 nitrogen and oxygen atoms in total. The van der Waals surface area contributed by atoms with Crippen molar-refractivity contribution in [2.75, 3.05) is 7.11 Å². The second kappa shape index (κ2) is 4.07. The number of hydrogen-bond donors (Lipinski definition) is 0. The van der Waals surface area contributed by atoms with Gasteiger partial charge < -0.3 is 4.74 Å². The van der Waals surface area contributed by atoms with Crippen molar-refractivity contribution in [2.24, 2.45) is 0 Å². The molecular formula is C8H7BrClNO2. The van der Waals surface area contributed by atoms with Crippen LogP contribution in [0.4, 0.5) is 0 Å². The van der Waals surface area contributed by atoms with E-state index in [1.807, 2.05) is 0 Å². The topological polar surface area (TPSA) is 39.2 Å². The van der Waals surface area contributed by atoms with Gasteiger partial charge in [-0.25, -0.2) is 9.78 Å². The summed E-state index contributed by atoms with van der Waals surface area (Å²) >= 11 is 9.04. The minimum Gasteiger partial charge on any atom is -0.464 e. The standard InChI is InChI=1S/C8H7BrClNO2/c1-4-3-5(9)6(10)7(11-4)8(12)13-2/h3H,1-2H3. The van der Waals surface area contributed by atoms with E-state index in [4.69, 9.17) is 11.6 Å². The number of rotatable bonds is 1. The Morgan fingerprint density at radius 2 is 2.31 bits per heavy atom. The Morgan fingerprint density at radius 3 is 2.85 bits per heavy atom. The lowest BCUT2D eigenvalue weighted by Crippen LogP contribution is -2.06. The van der Waals surface area contributed by atoms with Gasteiger partial charge in [0.1, 0.15) is 0 Å². The van der Waals surface area contributed by atoms with E-state index in [2.05, 4.69) is 25.7 Å². The average Bonchev–Trinajstić information content (AvgIpc) is 2.10. The van der Waals surface area contributed by atoms with Crippen molar-refractivity contribution in [3.8, 4) is 0 Å². The van der Waals surface area contributed by atoms with Gasteiger partial charge in [0, 0.05) is 10.2 Å². The van der Waals surface area contributed by atoms with E-state index in [9.17, 15) is 4.79 Å². The molecule has 0 bridgehead atoms. The second-order valence-corrected chi connectivity index (χ2v) is 3.63. The van der Waals surface area contributed by atoms with E-state index in [1.54, 1.807) is 13.0 Å². The molecule has 0 saturated heterocycles. The molecule has 0 atom stereocenters. The van der Waals surface area contributed by atoms with Crippen LogP contribution in [0.15, 0.2) is 10.5 Å². The summed E-state index contributed by atoms with van der Waals surface area (Å²) in [5.41, 5.74) is 0.840. The van der Waals surface area contributed by atoms with Crippen LogP contribution in [-0.4, -0.2) is 18.1 Å². The van der Waals surface area contributed by atoms with Crippen LogP contribution in [0.1, 0.15) is 16.2 Å². The van der Waals surface area contributed by atoms with Crippen LogP contribution in [-0.2, 0) is 4.74 Å². The highest BCUT2D eigenvalue weighted by molar-refractivity contribution is 9.10. The van der Waals surface area contributed by atoms with Gasteiger partial charge >= 0.3 is 5.97 Å². The summed E-state index contributed by atoms with van der Waals surface area (Å²) in [4.78, 5) is 15.1. The lowest BCUT2D eigenvalue weighted by Gasteiger charge is -2.04. The third kappa shape index (κ3) is 2.19. The minimum absolute atomic E-state index is 0.135. The van der Waals surface area contributed by atoms with Gasteiger partial charge in [-0.2, -0.15) is 0 Å². The second-order valence-electron chi connectivity index (χ2n) is 2.40. The molecule has 0 spiro atoms. The van der Waals surface area contributed by atoms with Crippen molar-refractivity contribution in [1.29, 1.82) is 0 Å². The maximum absolute atomic E-state index is 11.1. The number of aryl methyl sites for hydroxylation is 1. The molecule has 0 aliphatic carbocycles. The summed E-state index contributed by atoms with van der Waals surface area (Å²) < 4.78 is 5.16. The van der Waals surface area contributed by atoms with E-state index in [1.165, 1.54) is 7.11 Å². The zero-order valence-electron chi connectivity index (χ0n) is 7.10. The molecule has 0 aliphatic heterocycles. The molecule has 1 aromatic heterocycles. The molecule has 0 aliphatic rings. The van der Waals surface area contributed by atoms with Crippen molar-refractivity contribution in [2.45, 2.75) is 6.92 Å². The first-order chi connectivity index (χ1) is 6.06. The highest BCUT2D eigenvalue weighted by Crippen LogP contribution is 2.26. The van der Waals surface area contributed by atoms with E-state index < -0.39 is 5.97 Å². The Balaban J connectivity index is 3.28. The summed E-state index contributed by atoms with van der Waals surface area (Å²) in [6, 6.07) is 1.73. The van der Waals surface area contributed by atoms with Crippen LogP contribution in [0.5, 0.6) is 0 Å². The lowest BCUT2D eigenvalue weighted by molar-refractivity contribution is 0.0594. The molecule has 70 valence electrons. The van der Waals surface area contributed by atoms with Gasteiger partial charge in [0.2, 0.25) is 0 Å². The van der Waals surface area contributed by atoms with Gasteiger partial charge in [0.15, 0.2) is 5.69 Å². The maximum Gasteiger partial charge on any atom is 0.358 e. The Kier molecular flexibility index (Phi) is 3.27. The molecule has 1 rings (SSSR count). The Bertz CT molecular complexity index is 354. The molecule has 5 heteroatoms. The number of halogens is 2. The van der Waals surface area contributed by atoms with Crippen LogP contribution in [0.25, 0.3) is 0 Å². The third-order valence-corrected chi connectivity index (χ3v) is 2.66. The predicted molar refractivity (Wildman–Crippen MR) is 53.0 cm³/mol. The number of aromatic nitrogens is 1. The SMILES string of the molecule is COC(=O)c1nc(C)cc(Br)c1Cl. The Labute approximate surface area is 89.2 Å². The minimum atomic E-state index is -0.533. The van der Waals surface area contributed by atoms with Crippen LogP contribution in [0.3, 0.4) is 0 Å². The van der Waals surface area contributed by atoms with E-state index in [0.29, 0.717) is 10.2 Å². The number of carbonyl (C=O) groups excluding carboxylic acids is 1. The molecule has 0 fully saturated rings. The largest absolute Gasteiger partial charge is 0.464 e. The molecule has 1 heterocycles. The fourth-order valence-electron chi connectivity index (χ4n) is 0.850. The number of hydrogen-bond acceptors (Lipinski definition) is 3.